The van der Waals surface area contributed by atoms with E-state index in [0.717, 1.165) is 22.7 Å². The maximum atomic E-state index is 2.55. The average molecular weight is 829 g/mol. The highest BCUT2D eigenvalue weighted by molar-refractivity contribution is 6.29. The van der Waals surface area contributed by atoms with Gasteiger partial charge in [-0.25, -0.2) is 0 Å². The van der Waals surface area contributed by atoms with Crippen molar-refractivity contribution in [1.29, 1.82) is 0 Å². The molecule has 10 aromatic rings. The van der Waals surface area contributed by atoms with E-state index in [1.54, 1.807) is 0 Å². The minimum Gasteiger partial charge on any atom is -0.309 e. The van der Waals surface area contributed by atoms with E-state index < -0.39 is 0 Å². The summed E-state index contributed by atoms with van der Waals surface area (Å²) in [6.45, 7) is 16.2. The number of nitrogens with zero attached hydrogens (tertiary/aromatic N) is 2. The van der Waals surface area contributed by atoms with Crippen LogP contribution >= 0.6 is 0 Å². The van der Waals surface area contributed by atoms with Gasteiger partial charge in [-0.1, -0.05) is 206 Å². The Bertz CT molecular complexity index is 3030. The molecule has 0 aliphatic heterocycles. The molecule has 0 heterocycles. The molecule has 0 aliphatic carbocycles. The number of hydrogen-bond acceptors (Lipinski definition) is 2. The molecule has 0 bridgehead atoms. The number of rotatable bonds is 10. The molecule has 0 aromatic heterocycles. The lowest BCUT2D eigenvalue weighted by molar-refractivity contribution is 0.591. The summed E-state index contributed by atoms with van der Waals surface area (Å²) < 4.78 is 0. The first-order valence-corrected chi connectivity index (χ1v) is 22.9. The second-order valence-electron chi connectivity index (χ2n) is 19.0. The van der Waals surface area contributed by atoms with E-state index in [2.05, 4.69) is 258 Å². The van der Waals surface area contributed by atoms with Gasteiger partial charge >= 0.3 is 0 Å². The highest BCUT2D eigenvalue weighted by Crippen LogP contribution is 2.53. The van der Waals surface area contributed by atoms with Crippen LogP contribution in [0, 0.1) is 0 Å². The predicted octanol–water partition coefficient (Wildman–Crippen LogP) is 18.4. The molecule has 2 nitrogen and oxygen atoms in total. The van der Waals surface area contributed by atoms with Gasteiger partial charge in [0.05, 0.1) is 22.7 Å². The van der Waals surface area contributed by atoms with Gasteiger partial charge in [0, 0.05) is 27.5 Å². The fourth-order valence-corrected chi connectivity index (χ4v) is 9.72. The quantitative estimate of drug-likeness (QED) is 0.127. The van der Waals surface area contributed by atoms with Crippen molar-refractivity contribution < 1.29 is 0 Å². The van der Waals surface area contributed by atoms with Gasteiger partial charge in [0.1, 0.15) is 0 Å². The van der Waals surface area contributed by atoms with Crippen LogP contribution in [0.3, 0.4) is 0 Å². The molecule has 0 spiro atoms. The molecular formula is C62H56N2. The average Bonchev–Trinajstić information content (AvgIpc) is 3.32. The van der Waals surface area contributed by atoms with Crippen molar-refractivity contribution >= 4 is 66.4 Å². The van der Waals surface area contributed by atoms with Gasteiger partial charge in [0.2, 0.25) is 0 Å². The van der Waals surface area contributed by atoms with Crippen molar-refractivity contribution in [3.05, 3.63) is 217 Å². The van der Waals surface area contributed by atoms with Crippen LogP contribution < -0.4 is 9.80 Å². The first-order chi connectivity index (χ1) is 31.0. The van der Waals surface area contributed by atoms with Crippen LogP contribution in [-0.2, 0) is 5.41 Å². The van der Waals surface area contributed by atoms with Gasteiger partial charge in [0.25, 0.3) is 0 Å². The van der Waals surface area contributed by atoms with Crippen LogP contribution in [0.25, 0.3) is 54.6 Å². The summed E-state index contributed by atoms with van der Waals surface area (Å²) in [5.41, 5.74) is 15.6. The first-order valence-electron chi connectivity index (χ1n) is 22.9. The monoisotopic (exact) mass is 828 g/mol. The number of hydrogen-bond donors (Lipinski definition) is 0. The molecule has 10 rings (SSSR count). The lowest BCUT2D eigenvalue weighted by Gasteiger charge is -2.35. The Balaban J connectivity index is 1.37. The Morgan fingerprint density at radius 1 is 0.344 bits per heavy atom. The van der Waals surface area contributed by atoms with Crippen molar-refractivity contribution in [3.8, 4) is 22.3 Å². The normalized spacial score (nSPS) is 12.0. The number of para-hydroxylation sites is 2. The highest BCUT2D eigenvalue weighted by Gasteiger charge is 2.28. The minimum absolute atomic E-state index is 0.00300. The lowest BCUT2D eigenvalue weighted by atomic mass is 9.83. The third-order valence-electron chi connectivity index (χ3n) is 13.1. The maximum absolute atomic E-state index is 2.55. The molecule has 0 aliphatic rings. The summed E-state index contributed by atoms with van der Waals surface area (Å²) in [4.78, 5) is 5.09. The lowest BCUT2D eigenvalue weighted by Crippen LogP contribution is -2.17. The van der Waals surface area contributed by atoms with E-state index in [1.165, 1.54) is 82.6 Å². The summed E-state index contributed by atoms with van der Waals surface area (Å²) in [6, 6.07) is 74.6. The third kappa shape index (κ3) is 7.37. The van der Waals surface area contributed by atoms with Gasteiger partial charge in [-0.15, -0.1) is 0 Å². The summed E-state index contributed by atoms with van der Waals surface area (Å²) in [5.74, 6) is 0.549. The van der Waals surface area contributed by atoms with Gasteiger partial charge in [-0.05, 0) is 115 Å². The molecule has 0 atom stereocenters. The molecule has 0 N–H and O–H groups in total. The smallest absolute Gasteiger partial charge is 0.0561 e. The fraction of sp³-hybridized carbons (Fsp3) is 0.161. The van der Waals surface area contributed by atoms with Gasteiger partial charge in [-0.2, -0.15) is 0 Å². The van der Waals surface area contributed by atoms with Gasteiger partial charge in [-0.3, -0.25) is 0 Å². The second-order valence-corrected chi connectivity index (χ2v) is 19.0. The molecular weight excluding hydrogens is 773 g/mol. The minimum atomic E-state index is 0.00300. The van der Waals surface area contributed by atoms with Crippen molar-refractivity contribution in [2.75, 3.05) is 9.80 Å². The summed E-state index contributed by atoms with van der Waals surface area (Å²) in [6.07, 6.45) is 0. The topological polar surface area (TPSA) is 6.48 Å². The van der Waals surface area contributed by atoms with E-state index in [9.17, 15) is 0 Å². The molecule has 0 unspecified atom stereocenters. The van der Waals surface area contributed by atoms with E-state index >= 15 is 0 Å². The number of anilines is 6. The Kier molecular flexibility index (Phi) is 10.6. The largest absolute Gasteiger partial charge is 0.309 e. The molecule has 2 heteroatoms. The molecule has 0 radical (unpaired) electrons. The van der Waals surface area contributed by atoms with Crippen molar-refractivity contribution in [3.63, 3.8) is 0 Å². The van der Waals surface area contributed by atoms with Crippen molar-refractivity contribution in [2.45, 2.75) is 65.7 Å². The van der Waals surface area contributed by atoms with Crippen LogP contribution in [0.5, 0.6) is 0 Å². The summed E-state index contributed by atoms with van der Waals surface area (Å²) in [5, 5.41) is 7.56. The molecule has 314 valence electrons. The van der Waals surface area contributed by atoms with Crippen LogP contribution in [-0.4, -0.2) is 0 Å². The van der Waals surface area contributed by atoms with Gasteiger partial charge in [0.15, 0.2) is 0 Å². The van der Waals surface area contributed by atoms with Crippen molar-refractivity contribution in [1.82, 2.24) is 0 Å². The van der Waals surface area contributed by atoms with E-state index in [4.69, 9.17) is 0 Å². The zero-order valence-corrected chi connectivity index (χ0v) is 38.1. The molecule has 64 heavy (non-hydrogen) atoms. The molecule has 0 amide bonds. The van der Waals surface area contributed by atoms with Gasteiger partial charge < -0.3 is 9.80 Å². The standard InChI is InChI=1S/C62H56N2/c1-41(2)52-32-28-45(43-20-12-8-13-21-43)38-56(52)63(50-24-16-10-17-25-50)58-40-59(55-35-31-48-37-49(62(5,6)7)36-47-30-34-54(58)61(55)60(47)48)64(51-26-18-11-19-27-51)57-39-46(29-33-53(57)42(3)4)44-22-14-9-15-23-44/h8-42H,1-7H3. The second kappa shape index (κ2) is 16.5. The Labute approximate surface area is 379 Å². The maximum Gasteiger partial charge on any atom is 0.0561 e. The zero-order chi connectivity index (χ0) is 44.1. The molecule has 10 aromatic carbocycles. The van der Waals surface area contributed by atoms with Crippen LogP contribution in [0.15, 0.2) is 200 Å². The Hall–Kier alpha value is -7.16. The van der Waals surface area contributed by atoms with Crippen LogP contribution in [0.2, 0.25) is 0 Å². The SMILES string of the molecule is CC(C)c1ccc(-c2ccccc2)cc1N(c1ccccc1)c1cc(N(c2ccccc2)c2cc(-c3ccccc3)ccc2C(C)C)c2ccc3cc(C(C)(C)C)cc4ccc1c2c43. The predicted molar refractivity (Wildman–Crippen MR) is 277 cm³/mol. The summed E-state index contributed by atoms with van der Waals surface area (Å²) in [7, 11) is 0. The fourth-order valence-electron chi connectivity index (χ4n) is 9.72. The first kappa shape index (κ1) is 40.9. The van der Waals surface area contributed by atoms with E-state index in [-0.39, 0.29) is 17.3 Å². The van der Waals surface area contributed by atoms with Crippen LogP contribution in [0.4, 0.5) is 34.1 Å². The molecule has 0 fully saturated rings. The third-order valence-corrected chi connectivity index (χ3v) is 13.1. The van der Waals surface area contributed by atoms with E-state index in [1.807, 2.05) is 0 Å². The molecule has 0 saturated carbocycles. The van der Waals surface area contributed by atoms with Crippen LogP contribution in [0.1, 0.15) is 77.0 Å². The van der Waals surface area contributed by atoms with Crippen molar-refractivity contribution in [2.24, 2.45) is 0 Å². The highest BCUT2D eigenvalue weighted by atomic mass is 15.2. The zero-order valence-electron chi connectivity index (χ0n) is 38.1. The summed E-state index contributed by atoms with van der Waals surface area (Å²) >= 11 is 0. The molecule has 0 saturated heterocycles. The Morgan fingerprint density at radius 3 is 1.11 bits per heavy atom. The number of benzene rings is 10. The van der Waals surface area contributed by atoms with E-state index in [0.29, 0.717) is 0 Å². The Morgan fingerprint density at radius 2 is 0.734 bits per heavy atom.